The van der Waals surface area contributed by atoms with Gasteiger partial charge in [-0.25, -0.2) is 4.98 Å². The van der Waals surface area contributed by atoms with Crippen molar-refractivity contribution in [1.82, 2.24) is 19.3 Å². The highest BCUT2D eigenvalue weighted by Gasteiger charge is 2.22. The molecule has 6 nitrogen and oxygen atoms in total. The van der Waals surface area contributed by atoms with E-state index < -0.39 is 0 Å². The summed E-state index contributed by atoms with van der Waals surface area (Å²) in [5.41, 5.74) is 4.11. The van der Waals surface area contributed by atoms with Gasteiger partial charge in [0, 0.05) is 12.4 Å². The minimum atomic E-state index is -0.213. The van der Waals surface area contributed by atoms with Crippen molar-refractivity contribution in [2.24, 2.45) is 0 Å². The molecule has 1 amide bonds. The molecular weight excluding hydrogens is 352 g/mol. The van der Waals surface area contributed by atoms with Gasteiger partial charge in [0.2, 0.25) is 5.91 Å². The number of hydrogen-bond donors (Lipinski definition) is 1. The standard InChI is InChI=1S/C22H20N4O2/c27-20(24-17-9-3-7-15-6-1-2-8-16(15)17)14-26-21-18(10-4-12-23-21)25-13-5-11-19(25)22(26)28/h1-2,4-6,8,10-13,17H,3,7,9,14H2,(H,24,27)/t17-/m0/s1. The lowest BCUT2D eigenvalue weighted by Crippen LogP contribution is -2.36. The first-order valence-electron chi connectivity index (χ1n) is 9.54. The highest BCUT2D eigenvalue weighted by atomic mass is 16.2. The number of hydrogen-bond acceptors (Lipinski definition) is 3. The molecule has 1 aliphatic rings. The van der Waals surface area contributed by atoms with E-state index in [1.54, 1.807) is 12.3 Å². The normalized spacial score (nSPS) is 16.2. The molecule has 3 heterocycles. The quantitative estimate of drug-likeness (QED) is 0.601. The predicted molar refractivity (Wildman–Crippen MR) is 107 cm³/mol. The van der Waals surface area contributed by atoms with Gasteiger partial charge < -0.3 is 9.72 Å². The summed E-state index contributed by atoms with van der Waals surface area (Å²) in [4.78, 5) is 30.2. The van der Waals surface area contributed by atoms with Crippen LogP contribution < -0.4 is 10.9 Å². The molecule has 1 aromatic carbocycles. The summed E-state index contributed by atoms with van der Waals surface area (Å²) >= 11 is 0. The highest BCUT2D eigenvalue weighted by molar-refractivity contribution is 5.80. The van der Waals surface area contributed by atoms with Gasteiger partial charge in [-0.05, 0) is 54.7 Å². The fourth-order valence-corrected chi connectivity index (χ4v) is 4.22. The Morgan fingerprint density at radius 3 is 2.89 bits per heavy atom. The third kappa shape index (κ3) is 2.69. The first-order chi connectivity index (χ1) is 13.7. The summed E-state index contributed by atoms with van der Waals surface area (Å²) in [6.07, 6.45) is 6.48. The van der Waals surface area contributed by atoms with Gasteiger partial charge in [0.25, 0.3) is 5.56 Å². The van der Waals surface area contributed by atoms with Crippen LogP contribution in [0.25, 0.3) is 16.7 Å². The van der Waals surface area contributed by atoms with Crippen molar-refractivity contribution < 1.29 is 4.79 Å². The molecule has 0 spiro atoms. The fraction of sp³-hybridized carbons (Fsp3) is 0.227. The zero-order valence-electron chi connectivity index (χ0n) is 15.3. The Labute approximate surface area is 161 Å². The summed E-state index contributed by atoms with van der Waals surface area (Å²) in [6.45, 7) is -0.0489. The van der Waals surface area contributed by atoms with Crippen molar-refractivity contribution in [3.05, 3.63) is 82.4 Å². The number of carbonyl (C=O) groups is 1. The Morgan fingerprint density at radius 2 is 1.96 bits per heavy atom. The molecule has 0 fully saturated rings. The second kappa shape index (κ2) is 6.64. The van der Waals surface area contributed by atoms with E-state index in [0.29, 0.717) is 11.2 Å². The molecule has 0 unspecified atom stereocenters. The van der Waals surface area contributed by atoms with Crippen LogP contribution in [-0.4, -0.2) is 19.9 Å². The second-order valence-electron chi connectivity index (χ2n) is 7.21. The summed E-state index contributed by atoms with van der Waals surface area (Å²) in [5.74, 6) is -0.174. The number of benzene rings is 1. The molecule has 3 aromatic heterocycles. The Bertz CT molecular complexity index is 1250. The zero-order valence-corrected chi connectivity index (χ0v) is 15.3. The smallest absolute Gasteiger partial charge is 0.276 e. The predicted octanol–water partition coefficient (Wildman–Crippen LogP) is 2.84. The van der Waals surface area contributed by atoms with Crippen LogP contribution in [0.3, 0.4) is 0 Å². The molecule has 4 aromatic rings. The molecular formula is C22H20N4O2. The molecule has 28 heavy (non-hydrogen) atoms. The molecule has 0 saturated heterocycles. The molecule has 1 atom stereocenters. The maximum absolute atomic E-state index is 13.0. The van der Waals surface area contributed by atoms with E-state index in [1.807, 2.05) is 40.9 Å². The van der Waals surface area contributed by atoms with Crippen LogP contribution in [0.5, 0.6) is 0 Å². The maximum atomic E-state index is 13.0. The number of nitrogens with one attached hydrogen (secondary N) is 1. The van der Waals surface area contributed by atoms with Gasteiger partial charge in [0.1, 0.15) is 12.1 Å². The van der Waals surface area contributed by atoms with Gasteiger partial charge in [0.15, 0.2) is 5.65 Å². The van der Waals surface area contributed by atoms with Gasteiger partial charge in [0.05, 0.1) is 11.6 Å². The van der Waals surface area contributed by atoms with Gasteiger partial charge >= 0.3 is 0 Å². The number of rotatable bonds is 3. The molecule has 6 heteroatoms. The molecule has 0 aliphatic heterocycles. The van der Waals surface area contributed by atoms with Crippen LogP contribution in [0.2, 0.25) is 0 Å². The Hall–Kier alpha value is -3.41. The molecule has 0 radical (unpaired) electrons. The van der Waals surface area contributed by atoms with E-state index in [-0.39, 0.29) is 24.1 Å². The largest absolute Gasteiger partial charge is 0.348 e. The monoisotopic (exact) mass is 372 g/mol. The number of fused-ring (bicyclic) bond motifs is 4. The van der Waals surface area contributed by atoms with Gasteiger partial charge in [-0.1, -0.05) is 24.3 Å². The van der Waals surface area contributed by atoms with E-state index in [0.717, 1.165) is 24.8 Å². The van der Waals surface area contributed by atoms with Crippen molar-refractivity contribution in [3.8, 4) is 0 Å². The van der Waals surface area contributed by atoms with E-state index in [9.17, 15) is 9.59 Å². The van der Waals surface area contributed by atoms with Crippen molar-refractivity contribution in [2.45, 2.75) is 31.8 Å². The maximum Gasteiger partial charge on any atom is 0.276 e. The molecule has 0 saturated carbocycles. The Balaban J connectivity index is 1.50. The lowest BCUT2D eigenvalue weighted by Gasteiger charge is -2.26. The van der Waals surface area contributed by atoms with Crippen LogP contribution in [0.1, 0.15) is 30.0 Å². The highest BCUT2D eigenvalue weighted by Crippen LogP contribution is 2.29. The van der Waals surface area contributed by atoms with Crippen LogP contribution in [0, 0.1) is 0 Å². The summed E-state index contributed by atoms with van der Waals surface area (Å²) in [5, 5.41) is 3.12. The van der Waals surface area contributed by atoms with E-state index in [4.69, 9.17) is 0 Å². The van der Waals surface area contributed by atoms with Gasteiger partial charge in [-0.2, -0.15) is 0 Å². The number of aromatic nitrogens is 3. The molecule has 1 aliphatic carbocycles. The molecule has 5 rings (SSSR count). The Morgan fingerprint density at radius 1 is 1.11 bits per heavy atom. The van der Waals surface area contributed by atoms with E-state index in [1.165, 1.54) is 15.7 Å². The summed E-state index contributed by atoms with van der Waals surface area (Å²) in [6, 6.07) is 15.6. The van der Waals surface area contributed by atoms with Crippen molar-refractivity contribution in [2.75, 3.05) is 0 Å². The molecule has 0 bridgehead atoms. The van der Waals surface area contributed by atoms with Crippen LogP contribution >= 0.6 is 0 Å². The van der Waals surface area contributed by atoms with Crippen LogP contribution in [0.15, 0.2) is 65.7 Å². The third-order valence-electron chi connectivity index (χ3n) is 5.50. The van der Waals surface area contributed by atoms with E-state index >= 15 is 0 Å². The third-order valence-corrected chi connectivity index (χ3v) is 5.50. The average molecular weight is 372 g/mol. The number of pyridine rings is 1. The SMILES string of the molecule is O=C(Cn1c(=O)c2cccn2c2cccnc21)N[C@H]1CCCc2ccccc21. The van der Waals surface area contributed by atoms with Crippen LogP contribution in [0.4, 0.5) is 0 Å². The topological polar surface area (TPSA) is 68.4 Å². The lowest BCUT2D eigenvalue weighted by atomic mass is 9.88. The van der Waals surface area contributed by atoms with Crippen molar-refractivity contribution in [3.63, 3.8) is 0 Å². The molecule has 1 N–H and O–H groups in total. The average Bonchev–Trinajstić information content (AvgIpc) is 3.22. The summed E-state index contributed by atoms with van der Waals surface area (Å²) < 4.78 is 3.28. The minimum absolute atomic E-state index is 0.00981. The van der Waals surface area contributed by atoms with Crippen molar-refractivity contribution in [1.29, 1.82) is 0 Å². The van der Waals surface area contributed by atoms with Gasteiger partial charge in [-0.15, -0.1) is 0 Å². The van der Waals surface area contributed by atoms with Crippen molar-refractivity contribution >= 4 is 22.6 Å². The minimum Gasteiger partial charge on any atom is -0.348 e. The fourth-order valence-electron chi connectivity index (χ4n) is 4.22. The summed E-state index contributed by atoms with van der Waals surface area (Å²) in [7, 11) is 0. The van der Waals surface area contributed by atoms with Crippen LogP contribution in [-0.2, 0) is 17.8 Å². The van der Waals surface area contributed by atoms with E-state index in [2.05, 4.69) is 22.4 Å². The molecule has 140 valence electrons. The lowest BCUT2D eigenvalue weighted by molar-refractivity contribution is -0.122. The first kappa shape index (κ1) is 16.7. The zero-order chi connectivity index (χ0) is 19.1. The number of nitrogens with zero attached hydrogens (tertiary/aromatic N) is 3. The first-order valence-corrected chi connectivity index (χ1v) is 9.54. The number of aryl methyl sites for hydroxylation is 1. The number of carbonyl (C=O) groups excluding carboxylic acids is 1. The number of amides is 1. The Kier molecular flexibility index (Phi) is 3.97. The van der Waals surface area contributed by atoms with Gasteiger partial charge in [-0.3, -0.25) is 14.2 Å². The second-order valence-corrected chi connectivity index (χ2v) is 7.21.